The van der Waals surface area contributed by atoms with Crippen molar-refractivity contribution in [2.24, 2.45) is 0 Å². The van der Waals surface area contributed by atoms with Crippen molar-refractivity contribution < 1.29 is 14.3 Å². The van der Waals surface area contributed by atoms with Crippen LogP contribution in [0.3, 0.4) is 0 Å². The van der Waals surface area contributed by atoms with Crippen LogP contribution in [-0.2, 0) is 0 Å². The van der Waals surface area contributed by atoms with E-state index in [1.165, 1.54) is 11.5 Å². The van der Waals surface area contributed by atoms with Gasteiger partial charge in [0.05, 0.1) is 19.9 Å². The molecule has 0 saturated carbocycles. The van der Waals surface area contributed by atoms with Gasteiger partial charge in [0.1, 0.15) is 16.5 Å². The van der Waals surface area contributed by atoms with Crippen LogP contribution in [-0.4, -0.2) is 24.5 Å². The highest BCUT2D eigenvalue weighted by Crippen LogP contribution is 2.27. The number of hydrogen-bond donors (Lipinski definition) is 1. The van der Waals surface area contributed by atoms with Gasteiger partial charge in [0.25, 0.3) is 5.91 Å². The maximum Gasteiger partial charge on any atom is 0.256 e. The first kappa shape index (κ1) is 16.0. The second-order valence-corrected chi connectivity index (χ2v) is 5.80. The van der Waals surface area contributed by atoms with Gasteiger partial charge in [-0.15, -0.1) is 0 Å². The van der Waals surface area contributed by atoms with E-state index in [1.54, 1.807) is 32.4 Å². The summed E-state index contributed by atoms with van der Waals surface area (Å²) in [6.45, 7) is 0. The minimum atomic E-state index is -0.240. The van der Waals surface area contributed by atoms with Crippen LogP contribution >= 0.6 is 11.5 Å². The fourth-order valence-corrected chi connectivity index (χ4v) is 2.86. The van der Waals surface area contributed by atoms with Crippen LogP contribution in [0.25, 0.3) is 11.3 Å². The van der Waals surface area contributed by atoms with E-state index in [-0.39, 0.29) is 5.91 Å². The molecule has 24 heavy (non-hydrogen) atoms. The Bertz CT molecular complexity index is 824. The standard InChI is InChI=1S/C18H16N2O3S/c1-22-14-8-13(9-15(10-14)23-2)18(21)19-17-11-16(20-24-17)12-6-4-3-5-7-12/h3-11H,1-2H3,(H,19,21). The fraction of sp³-hybridized carbons (Fsp3) is 0.111. The number of nitrogens with zero attached hydrogens (tertiary/aromatic N) is 1. The Morgan fingerprint density at radius 2 is 1.67 bits per heavy atom. The maximum atomic E-state index is 12.5. The van der Waals surface area contributed by atoms with Crippen LogP contribution in [0.5, 0.6) is 11.5 Å². The zero-order valence-corrected chi connectivity index (χ0v) is 14.1. The Balaban J connectivity index is 1.79. The molecule has 0 bridgehead atoms. The van der Waals surface area contributed by atoms with Crippen LogP contribution in [0.4, 0.5) is 5.00 Å². The number of ether oxygens (including phenoxy) is 2. The van der Waals surface area contributed by atoms with E-state index < -0.39 is 0 Å². The van der Waals surface area contributed by atoms with Crippen molar-refractivity contribution in [2.45, 2.75) is 0 Å². The monoisotopic (exact) mass is 340 g/mol. The van der Waals surface area contributed by atoms with E-state index in [0.29, 0.717) is 22.1 Å². The summed E-state index contributed by atoms with van der Waals surface area (Å²) >= 11 is 1.24. The molecule has 6 heteroatoms. The maximum absolute atomic E-state index is 12.5. The van der Waals surface area contributed by atoms with Crippen LogP contribution < -0.4 is 14.8 Å². The van der Waals surface area contributed by atoms with Gasteiger partial charge in [-0.25, -0.2) is 0 Å². The number of anilines is 1. The van der Waals surface area contributed by atoms with Crippen LogP contribution in [0.15, 0.2) is 54.6 Å². The second kappa shape index (κ2) is 7.14. The number of methoxy groups -OCH3 is 2. The van der Waals surface area contributed by atoms with E-state index in [1.807, 2.05) is 36.4 Å². The lowest BCUT2D eigenvalue weighted by Crippen LogP contribution is -2.11. The number of hydrogen-bond acceptors (Lipinski definition) is 5. The third-order valence-corrected chi connectivity index (χ3v) is 4.13. The van der Waals surface area contributed by atoms with E-state index in [9.17, 15) is 4.79 Å². The van der Waals surface area contributed by atoms with Gasteiger partial charge in [0.2, 0.25) is 0 Å². The Labute approximate surface area is 144 Å². The molecule has 0 aliphatic rings. The van der Waals surface area contributed by atoms with E-state index in [4.69, 9.17) is 9.47 Å². The summed E-state index contributed by atoms with van der Waals surface area (Å²) in [5.41, 5.74) is 2.30. The van der Waals surface area contributed by atoms with E-state index in [2.05, 4.69) is 9.69 Å². The highest BCUT2D eigenvalue weighted by atomic mass is 32.1. The van der Waals surface area contributed by atoms with Crippen molar-refractivity contribution in [3.05, 3.63) is 60.2 Å². The van der Waals surface area contributed by atoms with Crippen molar-refractivity contribution in [3.8, 4) is 22.8 Å². The summed E-state index contributed by atoms with van der Waals surface area (Å²) < 4.78 is 14.8. The zero-order chi connectivity index (χ0) is 16.9. The molecular weight excluding hydrogens is 324 g/mol. The first-order valence-corrected chi connectivity index (χ1v) is 8.03. The Kier molecular flexibility index (Phi) is 4.77. The molecule has 0 aliphatic carbocycles. The number of amides is 1. The predicted molar refractivity (Wildman–Crippen MR) is 95.0 cm³/mol. The lowest BCUT2D eigenvalue weighted by molar-refractivity contribution is 0.102. The number of rotatable bonds is 5. The topological polar surface area (TPSA) is 60.5 Å². The van der Waals surface area contributed by atoms with Gasteiger partial charge in [0, 0.05) is 23.3 Å². The average molecular weight is 340 g/mol. The minimum Gasteiger partial charge on any atom is -0.497 e. The van der Waals surface area contributed by atoms with Gasteiger partial charge >= 0.3 is 0 Å². The van der Waals surface area contributed by atoms with Gasteiger partial charge in [-0.05, 0) is 23.7 Å². The molecule has 0 saturated heterocycles. The molecule has 1 aromatic heterocycles. The minimum absolute atomic E-state index is 0.240. The van der Waals surface area contributed by atoms with Gasteiger partial charge in [-0.2, -0.15) is 4.37 Å². The van der Waals surface area contributed by atoms with Gasteiger partial charge in [-0.3, -0.25) is 4.79 Å². The molecule has 1 N–H and O–H groups in total. The van der Waals surface area contributed by atoms with Crippen molar-refractivity contribution in [1.29, 1.82) is 0 Å². The SMILES string of the molecule is COc1cc(OC)cc(C(=O)Nc2cc(-c3ccccc3)ns2)c1. The number of benzene rings is 2. The highest BCUT2D eigenvalue weighted by molar-refractivity contribution is 7.10. The summed E-state index contributed by atoms with van der Waals surface area (Å²) in [5, 5.41) is 3.54. The van der Waals surface area contributed by atoms with Crippen LogP contribution in [0, 0.1) is 0 Å². The summed E-state index contributed by atoms with van der Waals surface area (Å²) in [4.78, 5) is 12.5. The molecule has 3 aromatic rings. The van der Waals surface area contributed by atoms with Crippen molar-refractivity contribution in [3.63, 3.8) is 0 Å². The molecule has 0 unspecified atom stereocenters. The van der Waals surface area contributed by atoms with Crippen LogP contribution in [0.1, 0.15) is 10.4 Å². The number of carbonyl (C=O) groups is 1. The van der Waals surface area contributed by atoms with Crippen molar-refractivity contribution >= 4 is 22.4 Å². The van der Waals surface area contributed by atoms with E-state index in [0.717, 1.165) is 11.3 Å². The van der Waals surface area contributed by atoms with Gasteiger partial charge in [0.15, 0.2) is 0 Å². The predicted octanol–water partition coefficient (Wildman–Crippen LogP) is 4.08. The Hall–Kier alpha value is -2.86. The fourth-order valence-electron chi connectivity index (χ4n) is 2.20. The molecule has 1 heterocycles. The third kappa shape index (κ3) is 3.55. The molecule has 0 spiro atoms. The van der Waals surface area contributed by atoms with Crippen LogP contribution in [0.2, 0.25) is 0 Å². The lowest BCUT2D eigenvalue weighted by atomic mass is 10.1. The Morgan fingerprint density at radius 3 is 2.29 bits per heavy atom. The second-order valence-electron chi connectivity index (χ2n) is 5.00. The molecule has 3 rings (SSSR count). The average Bonchev–Trinajstić information content (AvgIpc) is 3.10. The zero-order valence-electron chi connectivity index (χ0n) is 13.3. The number of carbonyl (C=O) groups excluding carboxylic acids is 1. The third-order valence-electron chi connectivity index (χ3n) is 3.43. The molecule has 5 nitrogen and oxygen atoms in total. The Morgan fingerprint density at radius 1 is 1.00 bits per heavy atom. The summed E-state index contributed by atoms with van der Waals surface area (Å²) in [6, 6.07) is 16.7. The largest absolute Gasteiger partial charge is 0.497 e. The highest BCUT2D eigenvalue weighted by Gasteiger charge is 2.12. The molecule has 2 aromatic carbocycles. The van der Waals surface area contributed by atoms with Crippen molar-refractivity contribution in [2.75, 3.05) is 19.5 Å². The molecule has 122 valence electrons. The molecule has 0 atom stereocenters. The first-order chi connectivity index (χ1) is 11.7. The molecular formula is C18H16N2O3S. The normalized spacial score (nSPS) is 10.2. The molecule has 0 aliphatic heterocycles. The first-order valence-electron chi connectivity index (χ1n) is 7.26. The smallest absolute Gasteiger partial charge is 0.256 e. The van der Waals surface area contributed by atoms with Gasteiger partial charge in [-0.1, -0.05) is 30.3 Å². The number of aromatic nitrogens is 1. The molecule has 1 amide bonds. The van der Waals surface area contributed by atoms with Crippen molar-refractivity contribution in [1.82, 2.24) is 4.37 Å². The van der Waals surface area contributed by atoms with E-state index >= 15 is 0 Å². The summed E-state index contributed by atoms with van der Waals surface area (Å²) in [6.07, 6.45) is 0. The lowest BCUT2D eigenvalue weighted by Gasteiger charge is -2.08. The molecule has 0 radical (unpaired) electrons. The number of nitrogens with one attached hydrogen (secondary N) is 1. The molecule has 0 fully saturated rings. The van der Waals surface area contributed by atoms with Gasteiger partial charge < -0.3 is 14.8 Å². The summed E-state index contributed by atoms with van der Waals surface area (Å²) in [7, 11) is 3.09. The summed E-state index contributed by atoms with van der Waals surface area (Å²) in [5.74, 6) is 0.887. The quantitative estimate of drug-likeness (QED) is 0.760.